The van der Waals surface area contributed by atoms with Gasteiger partial charge in [-0.3, -0.25) is 0 Å². The van der Waals surface area contributed by atoms with E-state index in [1.165, 1.54) is 25.2 Å². The van der Waals surface area contributed by atoms with Crippen LogP contribution in [0.15, 0.2) is 47.4 Å². The molecule has 2 aromatic carbocycles. The van der Waals surface area contributed by atoms with Gasteiger partial charge >= 0.3 is 0 Å². The highest BCUT2D eigenvalue weighted by atomic mass is 32.2. The lowest BCUT2D eigenvalue weighted by Gasteiger charge is -2.11. The molecule has 0 bridgehead atoms. The highest BCUT2D eigenvalue weighted by Gasteiger charge is 2.13. The average Bonchev–Trinajstić information content (AvgIpc) is 2.50. The van der Waals surface area contributed by atoms with Crippen molar-refractivity contribution in [2.45, 2.75) is 4.90 Å². The second-order valence-electron chi connectivity index (χ2n) is 4.27. The van der Waals surface area contributed by atoms with Gasteiger partial charge in [0.1, 0.15) is 0 Å². The van der Waals surface area contributed by atoms with E-state index in [1.807, 2.05) is 6.07 Å². The van der Waals surface area contributed by atoms with Crippen LogP contribution in [0.1, 0.15) is 5.56 Å². The third kappa shape index (κ3) is 3.31. The van der Waals surface area contributed by atoms with Crippen LogP contribution in [0.2, 0.25) is 0 Å². The summed E-state index contributed by atoms with van der Waals surface area (Å²) in [6, 6.07) is 13.2. The Bertz CT molecular complexity index is 793. The molecule has 0 fully saturated rings. The van der Waals surface area contributed by atoms with Gasteiger partial charge in [-0.15, -0.1) is 0 Å². The molecule has 0 aromatic heterocycles. The van der Waals surface area contributed by atoms with Gasteiger partial charge in [0.15, 0.2) is 0 Å². The lowest BCUT2D eigenvalue weighted by Crippen LogP contribution is -2.18. The normalized spacial score (nSPS) is 10.9. The van der Waals surface area contributed by atoms with E-state index in [2.05, 4.69) is 10.0 Å². The highest BCUT2D eigenvalue weighted by Crippen LogP contribution is 2.26. The Balaban J connectivity index is 2.35. The third-order valence-corrected chi connectivity index (χ3v) is 4.31. The van der Waals surface area contributed by atoms with Crippen LogP contribution in [-0.2, 0) is 10.0 Å². The van der Waals surface area contributed by atoms with Crippen molar-refractivity contribution in [2.24, 2.45) is 0 Å². The summed E-state index contributed by atoms with van der Waals surface area (Å²) in [5.41, 5.74) is 8.01. The molecule has 0 spiro atoms. The Morgan fingerprint density at radius 1 is 1.14 bits per heavy atom. The van der Waals surface area contributed by atoms with Crippen molar-refractivity contribution in [3.05, 3.63) is 48.0 Å². The fraction of sp³-hybridized carbons (Fsp3) is 0.0714. The van der Waals surface area contributed by atoms with Gasteiger partial charge in [0.25, 0.3) is 0 Å². The Labute approximate surface area is 123 Å². The molecular weight excluding hydrogens is 288 g/mol. The van der Waals surface area contributed by atoms with Crippen LogP contribution >= 0.6 is 0 Å². The molecule has 0 unspecified atom stereocenters. The minimum Gasteiger partial charge on any atom is -0.397 e. The quantitative estimate of drug-likeness (QED) is 0.746. The second-order valence-corrected chi connectivity index (χ2v) is 6.16. The zero-order chi connectivity index (χ0) is 15.5. The first kappa shape index (κ1) is 14.8. The second kappa shape index (κ2) is 5.83. The molecule has 108 valence electrons. The molecule has 0 aliphatic rings. The third-order valence-electron chi connectivity index (χ3n) is 2.90. The molecule has 0 heterocycles. The maximum atomic E-state index is 11.8. The lowest BCUT2D eigenvalue weighted by atomic mass is 10.2. The number of sulfonamides is 1. The SMILES string of the molecule is CNS(=O)(=O)c1ccc(N)c(Nc2ccc(C#N)cc2)c1. The number of nitrogens with two attached hydrogens (primary N) is 1. The summed E-state index contributed by atoms with van der Waals surface area (Å²) < 4.78 is 25.8. The van der Waals surface area contributed by atoms with Crippen LogP contribution in [-0.4, -0.2) is 15.5 Å². The van der Waals surface area contributed by atoms with E-state index in [-0.39, 0.29) is 4.90 Å². The molecular formula is C14H14N4O2S. The van der Waals surface area contributed by atoms with E-state index in [0.29, 0.717) is 22.6 Å². The number of nitrogens with zero attached hydrogens (tertiary/aromatic N) is 1. The number of nitriles is 1. The summed E-state index contributed by atoms with van der Waals surface area (Å²) in [4.78, 5) is 0.121. The molecule has 7 heteroatoms. The van der Waals surface area contributed by atoms with Gasteiger partial charge in [0.05, 0.1) is 27.9 Å². The topological polar surface area (TPSA) is 108 Å². The molecule has 0 amide bonds. The first-order chi connectivity index (χ1) is 9.96. The van der Waals surface area contributed by atoms with Crippen LogP contribution < -0.4 is 15.8 Å². The van der Waals surface area contributed by atoms with Gasteiger partial charge in [-0.1, -0.05) is 0 Å². The van der Waals surface area contributed by atoms with E-state index in [9.17, 15) is 8.42 Å². The first-order valence-electron chi connectivity index (χ1n) is 6.06. The number of rotatable bonds is 4. The molecule has 0 saturated heterocycles. The number of anilines is 3. The Hall–Kier alpha value is -2.56. The van der Waals surface area contributed by atoms with Gasteiger partial charge in [0.2, 0.25) is 10.0 Å². The molecule has 0 atom stereocenters. The molecule has 2 rings (SSSR count). The summed E-state index contributed by atoms with van der Waals surface area (Å²) in [6.45, 7) is 0. The van der Waals surface area contributed by atoms with E-state index in [0.717, 1.165) is 0 Å². The van der Waals surface area contributed by atoms with E-state index >= 15 is 0 Å². The Morgan fingerprint density at radius 3 is 2.38 bits per heavy atom. The number of hydrogen-bond acceptors (Lipinski definition) is 5. The zero-order valence-corrected chi connectivity index (χ0v) is 12.1. The van der Waals surface area contributed by atoms with Crippen LogP contribution in [0, 0.1) is 11.3 Å². The summed E-state index contributed by atoms with van der Waals surface area (Å²) in [5.74, 6) is 0. The molecule has 4 N–H and O–H groups in total. The van der Waals surface area contributed by atoms with Crippen LogP contribution in [0.25, 0.3) is 0 Å². The van der Waals surface area contributed by atoms with Gasteiger partial charge in [0, 0.05) is 5.69 Å². The average molecular weight is 302 g/mol. The molecule has 6 nitrogen and oxygen atoms in total. The summed E-state index contributed by atoms with van der Waals surface area (Å²) >= 11 is 0. The smallest absolute Gasteiger partial charge is 0.240 e. The number of hydrogen-bond donors (Lipinski definition) is 3. The van der Waals surface area contributed by atoms with Crippen molar-refractivity contribution < 1.29 is 8.42 Å². The summed E-state index contributed by atoms with van der Waals surface area (Å²) in [5, 5.41) is 11.8. The van der Waals surface area contributed by atoms with E-state index in [4.69, 9.17) is 11.0 Å². The van der Waals surface area contributed by atoms with Gasteiger partial charge in [-0.2, -0.15) is 5.26 Å². The summed E-state index contributed by atoms with van der Waals surface area (Å²) in [6.07, 6.45) is 0. The monoisotopic (exact) mass is 302 g/mol. The standard InChI is InChI=1S/C14H14N4O2S/c1-17-21(19,20)12-6-7-13(16)14(8-12)18-11-4-2-10(9-15)3-5-11/h2-8,17-18H,16H2,1H3. The maximum absolute atomic E-state index is 11.8. The fourth-order valence-corrected chi connectivity index (χ4v) is 2.47. The lowest BCUT2D eigenvalue weighted by molar-refractivity contribution is 0.588. The van der Waals surface area contributed by atoms with Crippen molar-refractivity contribution in [3.63, 3.8) is 0 Å². The van der Waals surface area contributed by atoms with Crippen LogP contribution in [0.5, 0.6) is 0 Å². The molecule has 0 aliphatic carbocycles. The fourth-order valence-electron chi connectivity index (χ4n) is 1.71. The largest absolute Gasteiger partial charge is 0.397 e. The molecule has 0 aliphatic heterocycles. The molecule has 0 saturated carbocycles. The Kier molecular flexibility index (Phi) is 4.12. The minimum absolute atomic E-state index is 0.121. The van der Waals surface area contributed by atoms with E-state index < -0.39 is 10.0 Å². The maximum Gasteiger partial charge on any atom is 0.240 e. The number of nitrogens with one attached hydrogen (secondary N) is 2. The summed E-state index contributed by atoms with van der Waals surface area (Å²) in [7, 11) is -2.18. The van der Waals surface area contributed by atoms with E-state index in [1.54, 1.807) is 24.3 Å². The number of nitrogen functional groups attached to an aromatic ring is 1. The van der Waals surface area contributed by atoms with Crippen LogP contribution in [0.4, 0.5) is 17.1 Å². The molecule has 0 radical (unpaired) electrons. The first-order valence-corrected chi connectivity index (χ1v) is 7.55. The van der Waals surface area contributed by atoms with Crippen molar-refractivity contribution in [1.29, 1.82) is 5.26 Å². The molecule has 21 heavy (non-hydrogen) atoms. The van der Waals surface area contributed by atoms with Crippen molar-refractivity contribution in [3.8, 4) is 6.07 Å². The zero-order valence-electron chi connectivity index (χ0n) is 11.3. The van der Waals surface area contributed by atoms with Crippen molar-refractivity contribution in [2.75, 3.05) is 18.1 Å². The van der Waals surface area contributed by atoms with Crippen LogP contribution in [0.3, 0.4) is 0 Å². The predicted molar refractivity (Wildman–Crippen MR) is 81.5 cm³/mol. The predicted octanol–water partition coefficient (Wildman–Crippen LogP) is 1.79. The van der Waals surface area contributed by atoms with Gasteiger partial charge in [-0.25, -0.2) is 13.1 Å². The van der Waals surface area contributed by atoms with Gasteiger partial charge < -0.3 is 11.1 Å². The van der Waals surface area contributed by atoms with Crippen molar-refractivity contribution in [1.82, 2.24) is 4.72 Å². The Morgan fingerprint density at radius 2 is 1.81 bits per heavy atom. The highest BCUT2D eigenvalue weighted by molar-refractivity contribution is 7.89. The number of benzene rings is 2. The van der Waals surface area contributed by atoms with Gasteiger partial charge in [-0.05, 0) is 49.5 Å². The molecule has 2 aromatic rings. The minimum atomic E-state index is -3.53. The van der Waals surface area contributed by atoms with Crippen molar-refractivity contribution >= 4 is 27.1 Å².